The molecule has 0 radical (unpaired) electrons. The highest BCUT2D eigenvalue weighted by atomic mass is 32.2. The van der Waals surface area contributed by atoms with Crippen molar-refractivity contribution in [2.24, 2.45) is 10.1 Å². The van der Waals surface area contributed by atoms with Crippen LogP contribution in [0.25, 0.3) is 6.08 Å². The van der Waals surface area contributed by atoms with Gasteiger partial charge in [-0.2, -0.15) is 10.0 Å². The molecule has 0 atom stereocenters. The smallest absolute Gasteiger partial charge is 0.283 e. The first-order valence-corrected chi connectivity index (χ1v) is 9.31. The SMILES string of the molecule is CCc1ccc(C=C2C(=N)N3N=C(N4CCCC4)SC3=NC2=O)cc1. The van der Waals surface area contributed by atoms with Crippen molar-refractivity contribution < 1.29 is 4.79 Å². The Labute approximate surface area is 150 Å². The molecule has 128 valence electrons. The molecule has 0 aromatic heterocycles. The van der Waals surface area contributed by atoms with Gasteiger partial charge in [0.2, 0.25) is 5.17 Å². The van der Waals surface area contributed by atoms with E-state index in [0.29, 0.717) is 5.17 Å². The number of hydrazone groups is 1. The van der Waals surface area contributed by atoms with Crippen molar-refractivity contribution in [2.45, 2.75) is 26.2 Å². The van der Waals surface area contributed by atoms with Gasteiger partial charge in [0.15, 0.2) is 11.0 Å². The van der Waals surface area contributed by atoms with Gasteiger partial charge in [0.25, 0.3) is 5.91 Å². The summed E-state index contributed by atoms with van der Waals surface area (Å²) in [5.41, 5.74) is 2.41. The number of hydrogen-bond acceptors (Lipinski definition) is 5. The van der Waals surface area contributed by atoms with Crippen molar-refractivity contribution >= 4 is 39.9 Å². The van der Waals surface area contributed by atoms with Crippen molar-refractivity contribution in [2.75, 3.05) is 13.1 Å². The molecule has 7 heteroatoms. The number of amides is 1. The lowest BCUT2D eigenvalue weighted by Gasteiger charge is -2.20. The van der Waals surface area contributed by atoms with Crippen LogP contribution in [0.2, 0.25) is 0 Å². The molecule has 1 aromatic carbocycles. The summed E-state index contributed by atoms with van der Waals surface area (Å²) in [4.78, 5) is 18.7. The van der Waals surface area contributed by atoms with E-state index in [0.717, 1.165) is 43.1 Å². The number of hydrogen-bond donors (Lipinski definition) is 1. The van der Waals surface area contributed by atoms with Gasteiger partial charge in [0.05, 0.1) is 5.57 Å². The summed E-state index contributed by atoms with van der Waals surface area (Å²) < 4.78 is 0. The molecule has 3 heterocycles. The molecule has 0 saturated carbocycles. The summed E-state index contributed by atoms with van der Waals surface area (Å²) in [5.74, 6) is -0.280. The van der Waals surface area contributed by atoms with Crippen LogP contribution in [-0.4, -0.2) is 45.1 Å². The Morgan fingerprint density at radius 2 is 1.92 bits per heavy atom. The second-order valence-electron chi connectivity index (χ2n) is 6.19. The van der Waals surface area contributed by atoms with E-state index in [1.54, 1.807) is 6.08 Å². The molecule has 0 spiro atoms. The molecular weight excluding hydrogens is 334 g/mol. The molecule has 0 bridgehead atoms. The molecule has 3 aliphatic rings. The van der Waals surface area contributed by atoms with Crippen LogP contribution in [0.3, 0.4) is 0 Å². The topological polar surface area (TPSA) is 72.1 Å². The van der Waals surface area contributed by atoms with E-state index in [1.165, 1.54) is 22.3 Å². The Bertz CT molecular complexity index is 818. The number of benzene rings is 1. The molecule has 3 aliphatic heterocycles. The van der Waals surface area contributed by atoms with Crippen LogP contribution < -0.4 is 0 Å². The molecule has 1 fully saturated rings. The van der Waals surface area contributed by atoms with Crippen LogP contribution in [-0.2, 0) is 11.2 Å². The third-order valence-corrected chi connectivity index (χ3v) is 5.49. The maximum absolute atomic E-state index is 12.4. The zero-order valence-electron chi connectivity index (χ0n) is 14.0. The van der Waals surface area contributed by atoms with Crippen LogP contribution >= 0.6 is 11.8 Å². The highest BCUT2D eigenvalue weighted by Gasteiger charge is 2.37. The largest absolute Gasteiger partial charge is 0.349 e. The standard InChI is InChI=1S/C18H19N5OS/c1-2-12-5-7-13(8-6-12)11-14-15(19)23-17(20-16(14)24)25-18(21-23)22-9-3-4-10-22/h5-8,11,19H,2-4,9-10H2,1H3. The maximum Gasteiger partial charge on any atom is 0.283 e. The van der Waals surface area contributed by atoms with E-state index in [-0.39, 0.29) is 17.3 Å². The Balaban J connectivity index is 1.62. The van der Waals surface area contributed by atoms with Crippen LogP contribution in [0.15, 0.2) is 39.9 Å². The molecule has 4 rings (SSSR count). The van der Waals surface area contributed by atoms with Crippen LogP contribution in [0.4, 0.5) is 0 Å². The number of amidine groups is 3. The molecule has 1 amide bonds. The van der Waals surface area contributed by atoms with E-state index in [2.05, 4.69) is 21.9 Å². The van der Waals surface area contributed by atoms with E-state index in [4.69, 9.17) is 5.41 Å². The molecule has 0 aliphatic carbocycles. The monoisotopic (exact) mass is 353 g/mol. The molecule has 0 unspecified atom stereocenters. The van der Waals surface area contributed by atoms with E-state index >= 15 is 0 Å². The maximum atomic E-state index is 12.4. The summed E-state index contributed by atoms with van der Waals surface area (Å²) in [6, 6.07) is 7.99. The Morgan fingerprint density at radius 3 is 2.60 bits per heavy atom. The molecule has 25 heavy (non-hydrogen) atoms. The summed E-state index contributed by atoms with van der Waals surface area (Å²) in [6.07, 6.45) is 5.00. The first-order valence-electron chi connectivity index (χ1n) is 8.50. The van der Waals surface area contributed by atoms with Gasteiger partial charge in [-0.15, -0.1) is 5.10 Å². The number of thioether (sulfide) groups is 1. The third kappa shape index (κ3) is 3.00. The normalized spacial score (nSPS) is 21.7. The Morgan fingerprint density at radius 1 is 1.20 bits per heavy atom. The average molecular weight is 353 g/mol. The van der Waals surface area contributed by atoms with Crippen molar-refractivity contribution in [1.82, 2.24) is 9.91 Å². The lowest BCUT2D eigenvalue weighted by atomic mass is 10.1. The number of fused-ring (bicyclic) bond motifs is 1. The minimum Gasteiger partial charge on any atom is -0.349 e. The first-order chi connectivity index (χ1) is 12.2. The number of aliphatic imine (C=N–C) groups is 1. The van der Waals surface area contributed by atoms with E-state index in [9.17, 15) is 4.79 Å². The summed E-state index contributed by atoms with van der Waals surface area (Å²) in [6.45, 7) is 4.05. The fourth-order valence-electron chi connectivity index (χ4n) is 3.03. The van der Waals surface area contributed by atoms with Gasteiger partial charge in [-0.1, -0.05) is 31.2 Å². The highest BCUT2D eigenvalue weighted by Crippen LogP contribution is 2.30. The molecule has 1 aromatic rings. The molecular formula is C18H19N5OS. The van der Waals surface area contributed by atoms with Crippen LogP contribution in [0.1, 0.15) is 30.9 Å². The van der Waals surface area contributed by atoms with Crippen molar-refractivity contribution in [3.05, 3.63) is 41.0 Å². The lowest BCUT2D eigenvalue weighted by molar-refractivity contribution is -0.114. The zero-order chi connectivity index (χ0) is 17.4. The number of carbonyl (C=O) groups is 1. The van der Waals surface area contributed by atoms with Crippen LogP contribution in [0.5, 0.6) is 0 Å². The first kappa shape index (κ1) is 16.1. The highest BCUT2D eigenvalue weighted by molar-refractivity contribution is 8.26. The summed E-state index contributed by atoms with van der Waals surface area (Å²) >= 11 is 1.38. The second kappa shape index (κ2) is 6.48. The Hall–Kier alpha value is -2.41. The predicted octanol–water partition coefficient (Wildman–Crippen LogP) is 2.92. The fourth-order valence-corrected chi connectivity index (χ4v) is 3.98. The fraction of sp³-hybridized carbons (Fsp3) is 0.333. The zero-order valence-corrected chi connectivity index (χ0v) is 14.8. The minimum atomic E-state index is -0.374. The lowest BCUT2D eigenvalue weighted by Crippen LogP contribution is -2.35. The van der Waals surface area contributed by atoms with Gasteiger partial charge in [-0.05, 0) is 48.2 Å². The van der Waals surface area contributed by atoms with Gasteiger partial charge < -0.3 is 4.90 Å². The quantitative estimate of drug-likeness (QED) is 0.830. The summed E-state index contributed by atoms with van der Waals surface area (Å²) in [7, 11) is 0. The van der Waals surface area contributed by atoms with Gasteiger partial charge in [0.1, 0.15) is 0 Å². The second-order valence-corrected chi connectivity index (χ2v) is 7.13. The minimum absolute atomic E-state index is 0.0938. The van der Waals surface area contributed by atoms with Gasteiger partial charge >= 0.3 is 0 Å². The molecule has 1 N–H and O–H groups in total. The van der Waals surface area contributed by atoms with E-state index < -0.39 is 0 Å². The van der Waals surface area contributed by atoms with Crippen molar-refractivity contribution in [1.29, 1.82) is 5.41 Å². The average Bonchev–Trinajstić information content (AvgIpc) is 3.28. The third-order valence-electron chi connectivity index (χ3n) is 4.52. The van der Waals surface area contributed by atoms with Crippen molar-refractivity contribution in [3.8, 4) is 0 Å². The van der Waals surface area contributed by atoms with Gasteiger partial charge in [-0.25, -0.2) is 0 Å². The van der Waals surface area contributed by atoms with Crippen molar-refractivity contribution in [3.63, 3.8) is 0 Å². The number of nitrogens with zero attached hydrogens (tertiary/aromatic N) is 4. The summed E-state index contributed by atoms with van der Waals surface area (Å²) in [5, 5.41) is 15.7. The van der Waals surface area contributed by atoms with Gasteiger partial charge in [0, 0.05) is 13.1 Å². The van der Waals surface area contributed by atoms with Gasteiger partial charge in [-0.3, -0.25) is 10.2 Å². The van der Waals surface area contributed by atoms with Crippen LogP contribution in [0, 0.1) is 5.41 Å². The predicted molar refractivity (Wildman–Crippen MR) is 102 cm³/mol. The number of likely N-dealkylation sites (tertiary alicyclic amines) is 1. The Kier molecular flexibility index (Phi) is 4.17. The number of rotatable bonds is 2. The number of carbonyl (C=O) groups excluding carboxylic acids is 1. The van der Waals surface area contributed by atoms with E-state index in [1.807, 2.05) is 24.3 Å². The molecule has 6 nitrogen and oxygen atoms in total. The number of nitrogens with one attached hydrogen (secondary N) is 1. The number of aryl methyl sites for hydroxylation is 1. The molecule has 1 saturated heterocycles.